The summed E-state index contributed by atoms with van der Waals surface area (Å²) in [6.07, 6.45) is 9.16. The van der Waals surface area contributed by atoms with Crippen LogP contribution in [-0.4, -0.2) is 38.8 Å². The molecule has 0 amide bonds. The Morgan fingerprint density at radius 1 is 1.24 bits per heavy atom. The van der Waals surface area contributed by atoms with Crippen LogP contribution in [0, 0.1) is 0 Å². The standard InChI is InChI=1S/C22H20ClN5S/c23-7-1-9-28-10-5-15(6-11-28)20-13-17-18(4-8-24-22(17)27-20)26-16-2-3-19-21(12-16)29-14-25-19/h1-5,8-9,12-14H,6-7,10-11H2,(H2,24,26,27)/b9-1+. The van der Waals surface area contributed by atoms with E-state index in [9.17, 15) is 0 Å². The zero-order valence-electron chi connectivity index (χ0n) is 15.7. The summed E-state index contributed by atoms with van der Waals surface area (Å²) in [6.45, 7) is 1.88. The molecule has 0 saturated carbocycles. The number of rotatable bonds is 5. The highest BCUT2D eigenvalue weighted by Crippen LogP contribution is 2.31. The Morgan fingerprint density at radius 3 is 3.07 bits per heavy atom. The van der Waals surface area contributed by atoms with E-state index < -0.39 is 0 Å². The van der Waals surface area contributed by atoms with E-state index in [1.54, 1.807) is 11.3 Å². The molecule has 0 spiro atoms. The van der Waals surface area contributed by atoms with E-state index >= 15 is 0 Å². The topological polar surface area (TPSA) is 56.8 Å². The summed E-state index contributed by atoms with van der Waals surface area (Å²) >= 11 is 7.39. The summed E-state index contributed by atoms with van der Waals surface area (Å²) < 4.78 is 1.18. The first-order valence-electron chi connectivity index (χ1n) is 9.54. The van der Waals surface area contributed by atoms with Crippen LogP contribution >= 0.6 is 22.9 Å². The monoisotopic (exact) mass is 421 g/mol. The Labute approximate surface area is 177 Å². The Hall–Kier alpha value is -2.83. The SMILES string of the molecule is ClC/C=C/N1CC=C(c2cc3c(Nc4ccc5ncsc5c4)ccnc3[nH]2)CC1. The molecule has 29 heavy (non-hydrogen) atoms. The van der Waals surface area contributed by atoms with Crippen LogP contribution in [0.25, 0.3) is 26.8 Å². The lowest BCUT2D eigenvalue weighted by Crippen LogP contribution is -2.23. The van der Waals surface area contributed by atoms with Gasteiger partial charge in [-0.3, -0.25) is 0 Å². The molecule has 0 fully saturated rings. The number of nitrogens with zero attached hydrogens (tertiary/aromatic N) is 3. The average molecular weight is 422 g/mol. The quantitative estimate of drug-likeness (QED) is 0.402. The Balaban J connectivity index is 1.42. The van der Waals surface area contributed by atoms with Gasteiger partial charge in [-0.05, 0) is 48.5 Å². The molecule has 3 aromatic heterocycles. The van der Waals surface area contributed by atoms with E-state index in [1.807, 2.05) is 29.9 Å². The van der Waals surface area contributed by atoms with E-state index in [-0.39, 0.29) is 0 Å². The number of thiazole rings is 1. The normalized spacial score (nSPS) is 14.8. The fraction of sp³-hybridized carbons (Fsp3) is 0.182. The number of anilines is 2. The van der Waals surface area contributed by atoms with Gasteiger partial charge in [0.2, 0.25) is 0 Å². The van der Waals surface area contributed by atoms with E-state index in [0.29, 0.717) is 5.88 Å². The van der Waals surface area contributed by atoms with Crippen LogP contribution < -0.4 is 5.32 Å². The summed E-state index contributed by atoms with van der Waals surface area (Å²) in [5, 5.41) is 4.64. The smallest absolute Gasteiger partial charge is 0.139 e. The summed E-state index contributed by atoms with van der Waals surface area (Å²) in [6, 6.07) is 10.5. The number of H-pyrrole nitrogens is 1. The van der Waals surface area contributed by atoms with Crippen LogP contribution in [0.3, 0.4) is 0 Å². The minimum Gasteiger partial charge on any atom is -0.374 e. The molecule has 0 radical (unpaired) electrons. The number of fused-ring (bicyclic) bond motifs is 2. The molecule has 2 N–H and O–H groups in total. The number of aromatic nitrogens is 3. The maximum atomic E-state index is 5.74. The molecule has 0 atom stereocenters. The molecule has 5 rings (SSSR count). The fourth-order valence-corrected chi connectivity index (χ4v) is 4.45. The van der Waals surface area contributed by atoms with Crippen LogP contribution in [0.2, 0.25) is 0 Å². The summed E-state index contributed by atoms with van der Waals surface area (Å²) in [4.78, 5) is 14.6. The van der Waals surface area contributed by atoms with Crippen molar-refractivity contribution >= 4 is 61.1 Å². The zero-order chi connectivity index (χ0) is 19.6. The number of pyridine rings is 1. The van der Waals surface area contributed by atoms with Crippen molar-refractivity contribution in [1.82, 2.24) is 19.9 Å². The molecule has 7 heteroatoms. The lowest BCUT2D eigenvalue weighted by Gasteiger charge is -2.24. The van der Waals surface area contributed by atoms with Crippen molar-refractivity contribution in [2.45, 2.75) is 6.42 Å². The third kappa shape index (κ3) is 3.73. The van der Waals surface area contributed by atoms with Gasteiger partial charge in [-0.2, -0.15) is 0 Å². The second-order valence-electron chi connectivity index (χ2n) is 6.98. The van der Waals surface area contributed by atoms with Crippen LogP contribution in [0.4, 0.5) is 11.4 Å². The van der Waals surface area contributed by atoms with Gasteiger partial charge in [0.25, 0.3) is 0 Å². The lowest BCUT2D eigenvalue weighted by atomic mass is 10.0. The molecule has 0 aliphatic carbocycles. The minimum absolute atomic E-state index is 0.548. The van der Waals surface area contributed by atoms with Crippen molar-refractivity contribution in [3.8, 4) is 0 Å². The molecule has 4 aromatic rings. The summed E-state index contributed by atoms with van der Waals surface area (Å²) in [7, 11) is 0. The molecule has 0 unspecified atom stereocenters. The van der Waals surface area contributed by atoms with E-state index in [1.165, 1.54) is 10.3 Å². The number of halogens is 1. The predicted octanol–water partition coefficient (Wildman–Crippen LogP) is 5.76. The van der Waals surface area contributed by atoms with Crippen LogP contribution in [-0.2, 0) is 0 Å². The van der Waals surface area contributed by atoms with Crippen LogP contribution in [0.5, 0.6) is 0 Å². The third-order valence-electron chi connectivity index (χ3n) is 5.13. The number of aromatic amines is 1. The van der Waals surface area contributed by atoms with Crippen LogP contribution in [0.1, 0.15) is 12.1 Å². The van der Waals surface area contributed by atoms with Gasteiger partial charge in [0, 0.05) is 41.9 Å². The lowest BCUT2D eigenvalue weighted by molar-refractivity contribution is 0.413. The summed E-state index contributed by atoms with van der Waals surface area (Å²) in [5.74, 6) is 0.548. The largest absolute Gasteiger partial charge is 0.374 e. The second kappa shape index (κ2) is 7.89. The van der Waals surface area contributed by atoms with E-state index in [0.717, 1.165) is 53.1 Å². The average Bonchev–Trinajstić information content (AvgIpc) is 3.40. The van der Waals surface area contributed by atoms with Gasteiger partial charge in [0.05, 0.1) is 21.4 Å². The van der Waals surface area contributed by atoms with Crippen molar-refractivity contribution in [2.75, 3.05) is 24.3 Å². The van der Waals surface area contributed by atoms with Gasteiger partial charge in [-0.1, -0.05) is 12.2 Å². The van der Waals surface area contributed by atoms with Crippen molar-refractivity contribution in [3.05, 3.63) is 66.1 Å². The molecule has 0 saturated heterocycles. The van der Waals surface area contributed by atoms with Gasteiger partial charge < -0.3 is 15.2 Å². The number of hydrogen-bond donors (Lipinski definition) is 2. The number of hydrogen-bond acceptors (Lipinski definition) is 5. The molecule has 146 valence electrons. The van der Waals surface area contributed by atoms with Crippen molar-refractivity contribution in [2.24, 2.45) is 0 Å². The molecule has 5 nitrogen and oxygen atoms in total. The van der Waals surface area contributed by atoms with Gasteiger partial charge in [0.15, 0.2) is 0 Å². The highest BCUT2D eigenvalue weighted by Gasteiger charge is 2.14. The van der Waals surface area contributed by atoms with Gasteiger partial charge in [0.1, 0.15) is 5.65 Å². The number of alkyl halides is 1. The van der Waals surface area contributed by atoms with Gasteiger partial charge in [-0.25, -0.2) is 9.97 Å². The molecular weight excluding hydrogens is 402 g/mol. The Kier molecular flexibility index (Phi) is 4.96. The molecule has 4 heterocycles. The Bertz CT molecular complexity index is 1220. The van der Waals surface area contributed by atoms with Crippen LogP contribution in [0.15, 0.2) is 60.4 Å². The molecule has 0 bridgehead atoms. The van der Waals surface area contributed by atoms with Crippen molar-refractivity contribution < 1.29 is 0 Å². The molecule has 1 aliphatic heterocycles. The maximum Gasteiger partial charge on any atom is 0.139 e. The molecule has 1 aliphatic rings. The first kappa shape index (κ1) is 18.2. The Morgan fingerprint density at radius 2 is 2.21 bits per heavy atom. The van der Waals surface area contributed by atoms with Gasteiger partial charge >= 0.3 is 0 Å². The highest BCUT2D eigenvalue weighted by atomic mass is 35.5. The fourth-order valence-electron chi connectivity index (χ4n) is 3.65. The maximum absolute atomic E-state index is 5.74. The first-order valence-corrected chi connectivity index (χ1v) is 11.0. The zero-order valence-corrected chi connectivity index (χ0v) is 17.3. The third-order valence-corrected chi connectivity index (χ3v) is 6.10. The number of benzene rings is 1. The van der Waals surface area contributed by atoms with Crippen molar-refractivity contribution in [3.63, 3.8) is 0 Å². The predicted molar refractivity (Wildman–Crippen MR) is 123 cm³/mol. The highest BCUT2D eigenvalue weighted by molar-refractivity contribution is 7.16. The van der Waals surface area contributed by atoms with Crippen molar-refractivity contribution in [1.29, 1.82) is 0 Å². The summed E-state index contributed by atoms with van der Waals surface area (Å²) in [5.41, 5.74) is 8.37. The number of nitrogens with one attached hydrogen (secondary N) is 2. The van der Waals surface area contributed by atoms with E-state index in [4.69, 9.17) is 11.6 Å². The minimum atomic E-state index is 0.548. The molecule has 1 aromatic carbocycles. The second-order valence-corrected chi connectivity index (χ2v) is 8.17. The van der Waals surface area contributed by atoms with E-state index in [2.05, 4.69) is 55.6 Å². The molecular formula is C22H20ClN5S. The van der Waals surface area contributed by atoms with Gasteiger partial charge in [-0.15, -0.1) is 22.9 Å². The number of allylic oxidation sites excluding steroid dienone is 1. The first-order chi connectivity index (χ1) is 14.3.